The summed E-state index contributed by atoms with van der Waals surface area (Å²) in [6.45, 7) is 4.08. The highest BCUT2D eigenvalue weighted by Crippen LogP contribution is 2.27. The highest BCUT2D eigenvalue weighted by atomic mass is 127. The number of thiazole rings is 1. The Labute approximate surface area is 117 Å². The summed E-state index contributed by atoms with van der Waals surface area (Å²) in [5, 5.41) is 13.1. The minimum Gasteiger partial charge on any atom is -0.388 e. The van der Waals surface area contributed by atoms with Crippen molar-refractivity contribution in [2.24, 2.45) is 0 Å². The van der Waals surface area contributed by atoms with Gasteiger partial charge in [0.15, 0.2) is 0 Å². The van der Waals surface area contributed by atoms with Gasteiger partial charge in [-0.05, 0) is 53.4 Å². The summed E-state index contributed by atoms with van der Waals surface area (Å²) in [5.74, 6) is 0. The number of hydrogen-bond donors (Lipinski definition) is 1. The first-order valence-electron chi connectivity index (χ1n) is 4.91. The predicted octanol–water partition coefficient (Wildman–Crippen LogP) is 3.70. The SMILES string of the molecule is Cc1nc(CC(O)c2csc(I)c2)sc1C. The molecule has 2 heterocycles. The van der Waals surface area contributed by atoms with Crippen LogP contribution in [-0.2, 0) is 6.42 Å². The van der Waals surface area contributed by atoms with E-state index in [4.69, 9.17) is 0 Å². The minimum atomic E-state index is -0.426. The molecule has 2 rings (SSSR count). The summed E-state index contributed by atoms with van der Waals surface area (Å²) >= 11 is 5.60. The number of aliphatic hydroxyl groups is 1. The standard InChI is InChI=1S/C11H12INOS2/c1-6-7(2)16-11(13-6)4-9(14)8-3-10(12)15-5-8/h3,5,9,14H,4H2,1-2H3. The lowest BCUT2D eigenvalue weighted by atomic mass is 10.1. The molecule has 1 unspecified atom stereocenters. The lowest BCUT2D eigenvalue weighted by Gasteiger charge is -2.05. The molecular weight excluding hydrogens is 353 g/mol. The van der Waals surface area contributed by atoms with Crippen LogP contribution in [-0.4, -0.2) is 10.1 Å². The molecule has 0 radical (unpaired) electrons. The second-order valence-corrected chi connectivity index (χ2v) is 7.75. The first kappa shape index (κ1) is 12.5. The van der Waals surface area contributed by atoms with Gasteiger partial charge in [0.1, 0.15) is 0 Å². The first-order chi connectivity index (χ1) is 7.56. The maximum absolute atomic E-state index is 10.1. The van der Waals surface area contributed by atoms with Crippen molar-refractivity contribution >= 4 is 45.3 Å². The molecule has 0 aromatic carbocycles. The van der Waals surface area contributed by atoms with Crippen molar-refractivity contribution in [1.82, 2.24) is 4.98 Å². The van der Waals surface area contributed by atoms with E-state index in [1.165, 1.54) is 7.76 Å². The highest BCUT2D eigenvalue weighted by Gasteiger charge is 2.13. The molecule has 5 heteroatoms. The van der Waals surface area contributed by atoms with Crippen molar-refractivity contribution in [2.75, 3.05) is 0 Å². The third-order valence-corrected chi connectivity index (χ3v) is 5.32. The molecule has 0 bridgehead atoms. The maximum atomic E-state index is 10.1. The van der Waals surface area contributed by atoms with Crippen molar-refractivity contribution in [3.05, 3.63) is 35.5 Å². The fourth-order valence-electron chi connectivity index (χ4n) is 1.41. The van der Waals surface area contributed by atoms with Crippen LogP contribution >= 0.6 is 45.3 Å². The number of halogens is 1. The topological polar surface area (TPSA) is 33.1 Å². The van der Waals surface area contributed by atoms with Gasteiger partial charge in [0.25, 0.3) is 0 Å². The monoisotopic (exact) mass is 365 g/mol. The van der Waals surface area contributed by atoms with Gasteiger partial charge in [-0.2, -0.15) is 0 Å². The molecule has 16 heavy (non-hydrogen) atoms. The third-order valence-electron chi connectivity index (χ3n) is 2.41. The van der Waals surface area contributed by atoms with Crippen molar-refractivity contribution in [2.45, 2.75) is 26.4 Å². The van der Waals surface area contributed by atoms with E-state index in [9.17, 15) is 5.11 Å². The van der Waals surface area contributed by atoms with Crippen LogP contribution in [0.5, 0.6) is 0 Å². The van der Waals surface area contributed by atoms with E-state index in [-0.39, 0.29) is 0 Å². The molecule has 86 valence electrons. The number of aromatic nitrogens is 1. The smallest absolute Gasteiger partial charge is 0.0960 e. The number of nitrogens with zero attached hydrogens (tertiary/aromatic N) is 1. The molecule has 0 saturated carbocycles. The third kappa shape index (κ3) is 2.82. The van der Waals surface area contributed by atoms with E-state index in [2.05, 4.69) is 34.5 Å². The van der Waals surface area contributed by atoms with E-state index >= 15 is 0 Å². The zero-order valence-electron chi connectivity index (χ0n) is 9.03. The molecule has 0 aliphatic carbocycles. The van der Waals surface area contributed by atoms with Crippen LogP contribution in [0.1, 0.15) is 27.2 Å². The molecule has 2 aromatic heterocycles. The van der Waals surface area contributed by atoms with Gasteiger partial charge < -0.3 is 5.11 Å². The molecule has 0 spiro atoms. The zero-order valence-corrected chi connectivity index (χ0v) is 12.8. The van der Waals surface area contributed by atoms with E-state index in [1.54, 1.807) is 22.7 Å². The minimum absolute atomic E-state index is 0.426. The molecule has 0 aliphatic rings. The molecule has 0 fully saturated rings. The van der Waals surface area contributed by atoms with Gasteiger partial charge in [-0.15, -0.1) is 22.7 Å². The Morgan fingerprint density at radius 3 is 2.75 bits per heavy atom. The summed E-state index contributed by atoms with van der Waals surface area (Å²) in [6, 6.07) is 2.03. The normalized spacial score (nSPS) is 13.0. The van der Waals surface area contributed by atoms with E-state index in [0.29, 0.717) is 6.42 Å². The van der Waals surface area contributed by atoms with E-state index < -0.39 is 6.10 Å². The Morgan fingerprint density at radius 2 is 2.25 bits per heavy atom. The molecule has 2 aromatic rings. The quantitative estimate of drug-likeness (QED) is 0.842. The van der Waals surface area contributed by atoms with Crippen molar-refractivity contribution in [1.29, 1.82) is 0 Å². The van der Waals surface area contributed by atoms with Crippen LogP contribution in [0.25, 0.3) is 0 Å². The Kier molecular flexibility index (Phi) is 3.99. The van der Waals surface area contributed by atoms with Crippen molar-refractivity contribution in [3.8, 4) is 0 Å². The maximum Gasteiger partial charge on any atom is 0.0960 e. The average Bonchev–Trinajstić information content (AvgIpc) is 2.75. The Morgan fingerprint density at radius 1 is 1.50 bits per heavy atom. The van der Waals surface area contributed by atoms with Crippen LogP contribution in [0, 0.1) is 16.7 Å². The summed E-state index contributed by atoms with van der Waals surface area (Å²) < 4.78 is 1.21. The number of rotatable bonds is 3. The molecule has 0 aliphatic heterocycles. The van der Waals surface area contributed by atoms with Crippen molar-refractivity contribution in [3.63, 3.8) is 0 Å². The molecule has 1 atom stereocenters. The summed E-state index contributed by atoms with van der Waals surface area (Å²) in [5.41, 5.74) is 2.08. The van der Waals surface area contributed by atoms with Gasteiger partial charge in [-0.3, -0.25) is 0 Å². The van der Waals surface area contributed by atoms with Crippen LogP contribution in [0.2, 0.25) is 0 Å². The van der Waals surface area contributed by atoms with Crippen LogP contribution in [0.3, 0.4) is 0 Å². The summed E-state index contributed by atoms with van der Waals surface area (Å²) in [4.78, 5) is 5.68. The molecular formula is C11H12INOS2. The van der Waals surface area contributed by atoms with Gasteiger partial charge in [0, 0.05) is 11.3 Å². The second-order valence-electron chi connectivity index (χ2n) is 3.65. The lowest BCUT2D eigenvalue weighted by molar-refractivity contribution is 0.179. The van der Waals surface area contributed by atoms with Crippen molar-refractivity contribution < 1.29 is 5.11 Å². The molecule has 0 saturated heterocycles. The molecule has 2 nitrogen and oxygen atoms in total. The zero-order chi connectivity index (χ0) is 11.7. The van der Waals surface area contributed by atoms with E-state index in [1.807, 2.05) is 18.4 Å². The molecule has 0 amide bonds. The van der Waals surface area contributed by atoms with Gasteiger partial charge in [0.05, 0.1) is 19.7 Å². The van der Waals surface area contributed by atoms with Crippen LogP contribution in [0.4, 0.5) is 0 Å². The number of aryl methyl sites for hydroxylation is 2. The lowest BCUT2D eigenvalue weighted by Crippen LogP contribution is -1.99. The second kappa shape index (κ2) is 5.12. The van der Waals surface area contributed by atoms with Gasteiger partial charge in [-0.1, -0.05) is 0 Å². The first-order valence-corrected chi connectivity index (χ1v) is 7.68. The summed E-state index contributed by atoms with van der Waals surface area (Å²) in [6.07, 6.45) is 0.191. The largest absolute Gasteiger partial charge is 0.388 e. The fourth-order valence-corrected chi connectivity index (χ4v) is 3.80. The number of hydrogen-bond acceptors (Lipinski definition) is 4. The van der Waals surface area contributed by atoms with Gasteiger partial charge in [0.2, 0.25) is 0 Å². The van der Waals surface area contributed by atoms with E-state index in [0.717, 1.165) is 16.3 Å². The van der Waals surface area contributed by atoms with Gasteiger partial charge in [-0.25, -0.2) is 4.98 Å². The Balaban J connectivity index is 2.10. The fraction of sp³-hybridized carbons (Fsp3) is 0.364. The Hall–Kier alpha value is 0.0200. The predicted molar refractivity (Wildman–Crippen MR) is 77.3 cm³/mol. The number of thiophene rings is 1. The van der Waals surface area contributed by atoms with Gasteiger partial charge >= 0.3 is 0 Å². The average molecular weight is 365 g/mol. The van der Waals surface area contributed by atoms with Crippen LogP contribution in [0.15, 0.2) is 11.4 Å². The molecule has 1 N–H and O–H groups in total. The Bertz CT molecular complexity index is 472. The van der Waals surface area contributed by atoms with Crippen LogP contribution < -0.4 is 0 Å². The highest BCUT2D eigenvalue weighted by molar-refractivity contribution is 14.1. The number of aliphatic hydroxyl groups excluding tert-OH is 1. The summed E-state index contributed by atoms with van der Waals surface area (Å²) in [7, 11) is 0.